The number of ether oxygens (including phenoxy) is 2. The predicted octanol–water partition coefficient (Wildman–Crippen LogP) is 2.43. The highest BCUT2D eigenvalue weighted by Gasteiger charge is 2.40. The summed E-state index contributed by atoms with van der Waals surface area (Å²) in [6.45, 7) is 0.894. The summed E-state index contributed by atoms with van der Waals surface area (Å²) >= 11 is 0. The number of benzene rings is 2. The summed E-state index contributed by atoms with van der Waals surface area (Å²) in [4.78, 5) is 44.2. The third-order valence-electron chi connectivity index (χ3n) is 6.55. The molecule has 0 unspecified atom stereocenters. The molecular formula is C26H32N4O5. The SMILES string of the molecule is COc1ccc(CNC(=O)CN2C(=O)[C@@H]3CCCCN3c3ccc(C(=O)N(C)C)cc32)c(OC)c1. The van der Waals surface area contributed by atoms with Crippen LogP contribution in [0.25, 0.3) is 0 Å². The van der Waals surface area contributed by atoms with Crippen LogP contribution in [0.3, 0.4) is 0 Å². The largest absolute Gasteiger partial charge is 0.497 e. The summed E-state index contributed by atoms with van der Waals surface area (Å²) in [5.74, 6) is 0.706. The van der Waals surface area contributed by atoms with Gasteiger partial charge in [0, 0.05) is 44.4 Å². The zero-order chi connectivity index (χ0) is 25.1. The number of carbonyl (C=O) groups is 3. The van der Waals surface area contributed by atoms with Crippen molar-refractivity contribution >= 4 is 29.1 Å². The molecule has 2 heterocycles. The predicted molar refractivity (Wildman–Crippen MR) is 133 cm³/mol. The number of hydrogen-bond acceptors (Lipinski definition) is 6. The Kier molecular flexibility index (Phi) is 7.14. The zero-order valence-electron chi connectivity index (χ0n) is 20.7. The number of piperidine rings is 1. The van der Waals surface area contributed by atoms with Crippen LogP contribution < -0.4 is 24.6 Å². The lowest BCUT2D eigenvalue weighted by Crippen LogP contribution is -2.57. The maximum absolute atomic E-state index is 13.5. The van der Waals surface area contributed by atoms with Crippen LogP contribution in [0.15, 0.2) is 36.4 Å². The second-order valence-electron chi connectivity index (χ2n) is 8.99. The van der Waals surface area contributed by atoms with Gasteiger partial charge < -0.3 is 24.6 Å². The van der Waals surface area contributed by atoms with E-state index in [0.717, 1.165) is 37.1 Å². The molecule has 0 radical (unpaired) electrons. The van der Waals surface area contributed by atoms with Crippen LogP contribution in [0.4, 0.5) is 11.4 Å². The molecule has 0 aromatic heterocycles. The third kappa shape index (κ3) is 4.89. The van der Waals surface area contributed by atoms with Crippen LogP contribution in [0.2, 0.25) is 0 Å². The van der Waals surface area contributed by atoms with Crippen molar-refractivity contribution in [2.24, 2.45) is 0 Å². The molecular weight excluding hydrogens is 448 g/mol. The van der Waals surface area contributed by atoms with Gasteiger partial charge in [-0.15, -0.1) is 0 Å². The van der Waals surface area contributed by atoms with E-state index < -0.39 is 0 Å². The first-order valence-electron chi connectivity index (χ1n) is 11.8. The Morgan fingerprint density at radius 2 is 1.86 bits per heavy atom. The van der Waals surface area contributed by atoms with Gasteiger partial charge in [-0.25, -0.2) is 0 Å². The van der Waals surface area contributed by atoms with Crippen molar-refractivity contribution in [3.8, 4) is 11.5 Å². The van der Waals surface area contributed by atoms with E-state index in [1.807, 2.05) is 12.1 Å². The van der Waals surface area contributed by atoms with E-state index in [-0.39, 0.29) is 36.9 Å². The van der Waals surface area contributed by atoms with E-state index in [4.69, 9.17) is 9.47 Å². The number of rotatable bonds is 7. The van der Waals surface area contributed by atoms with Crippen molar-refractivity contribution in [1.29, 1.82) is 0 Å². The van der Waals surface area contributed by atoms with Gasteiger partial charge in [0.15, 0.2) is 0 Å². The van der Waals surface area contributed by atoms with E-state index in [0.29, 0.717) is 22.7 Å². The fraction of sp³-hybridized carbons (Fsp3) is 0.423. The molecule has 1 fully saturated rings. The smallest absolute Gasteiger partial charge is 0.253 e. The molecule has 1 N–H and O–H groups in total. The zero-order valence-corrected chi connectivity index (χ0v) is 20.7. The fourth-order valence-corrected chi connectivity index (χ4v) is 4.70. The van der Waals surface area contributed by atoms with Gasteiger partial charge in [-0.3, -0.25) is 19.3 Å². The first kappa shape index (κ1) is 24.4. The number of methoxy groups -OCH3 is 2. The maximum Gasteiger partial charge on any atom is 0.253 e. The highest BCUT2D eigenvalue weighted by molar-refractivity contribution is 6.09. The molecule has 9 heteroatoms. The van der Waals surface area contributed by atoms with Crippen LogP contribution in [-0.4, -0.2) is 70.1 Å². The minimum absolute atomic E-state index is 0.108. The minimum atomic E-state index is -0.296. The van der Waals surface area contributed by atoms with Gasteiger partial charge in [0.25, 0.3) is 5.91 Å². The van der Waals surface area contributed by atoms with E-state index in [9.17, 15) is 14.4 Å². The first-order valence-corrected chi connectivity index (χ1v) is 11.8. The Hall–Kier alpha value is -3.75. The summed E-state index contributed by atoms with van der Waals surface area (Å²) in [7, 11) is 6.51. The van der Waals surface area contributed by atoms with E-state index in [1.54, 1.807) is 52.6 Å². The Morgan fingerprint density at radius 3 is 2.57 bits per heavy atom. The highest BCUT2D eigenvalue weighted by Crippen LogP contribution is 2.40. The first-order chi connectivity index (χ1) is 16.8. The summed E-state index contributed by atoms with van der Waals surface area (Å²) < 4.78 is 10.6. The lowest BCUT2D eigenvalue weighted by atomic mass is 9.95. The van der Waals surface area contributed by atoms with Crippen molar-refractivity contribution in [1.82, 2.24) is 10.2 Å². The van der Waals surface area contributed by atoms with E-state index >= 15 is 0 Å². The molecule has 0 spiro atoms. The van der Waals surface area contributed by atoms with Gasteiger partial charge in [-0.05, 0) is 49.6 Å². The van der Waals surface area contributed by atoms with Crippen molar-refractivity contribution in [3.63, 3.8) is 0 Å². The minimum Gasteiger partial charge on any atom is -0.497 e. The van der Waals surface area contributed by atoms with Crippen LogP contribution in [-0.2, 0) is 16.1 Å². The number of nitrogens with zero attached hydrogens (tertiary/aromatic N) is 3. The van der Waals surface area contributed by atoms with Gasteiger partial charge >= 0.3 is 0 Å². The summed E-state index contributed by atoms with van der Waals surface area (Å²) in [5.41, 5.74) is 2.75. The molecule has 2 aliphatic heterocycles. The van der Waals surface area contributed by atoms with Gasteiger partial charge in [0.2, 0.25) is 11.8 Å². The molecule has 2 aromatic rings. The topological polar surface area (TPSA) is 91.4 Å². The van der Waals surface area contributed by atoms with Gasteiger partial charge in [-0.1, -0.05) is 0 Å². The normalized spacial score (nSPS) is 16.8. The monoisotopic (exact) mass is 480 g/mol. The van der Waals surface area contributed by atoms with Crippen molar-refractivity contribution < 1.29 is 23.9 Å². The third-order valence-corrected chi connectivity index (χ3v) is 6.55. The molecule has 3 amide bonds. The Bertz CT molecular complexity index is 1130. The van der Waals surface area contributed by atoms with E-state index in [2.05, 4.69) is 10.2 Å². The maximum atomic E-state index is 13.5. The Labute approximate surface area is 205 Å². The number of carbonyl (C=O) groups excluding carboxylic acids is 3. The van der Waals surface area contributed by atoms with E-state index in [1.165, 1.54) is 9.80 Å². The number of nitrogens with one attached hydrogen (secondary N) is 1. The van der Waals surface area contributed by atoms with Crippen LogP contribution in [0.1, 0.15) is 35.2 Å². The number of amides is 3. The molecule has 35 heavy (non-hydrogen) atoms. The molecule has 2 aliphatic rings. The molecule has 4 rings (SSSR count). The van der Waals surface area contributed by atoms with Crippen molar-refractivity contribution in [2.75, 3.05) is 51.2 Å². The Balaban J connectivity index is 1.57. The molecule has 9 nitrogen and oxygen atoms in total. The summed E-state index contributed by atoms with van der Waals surface area (Å²) in [6.07, 6.45) is 2.72. The molecule has 0 aliphatic carbocycles. The Morgan fingerprint density at radius 1 is 1.06 bits per heavy atom. The fourth-order valence-electron chi connectivity index (χ4n) is 4.70. The van der Waals surface area contributed by atoms with Gasteiger partial charge in [0.1, 0.15) is 24.1 Å². The standard InChI is InChI=1S/C26H32N4O5/c1-28(2)25(32)17-9-11-20-22(13-17)30(26(33)21-7-5-6-12-29(20)21)16-24(31)27-15-18-8-10-19(34-3)14-23(18)35-4/h8-11,13-14,21H,5-7,12,15-16H2,1-4H3,(H,27,31)/t21-/m0/s1. The van der Waals surface area contributed by atoms with Gasteiger partial charge in [-0.2, -0.15) is 0 Å². The molecule has 1 saturated heterocycles. The quantitative estimate of drug-likeness (QED) is 0.655. The average Bonchev–Trinajstić information content (AvgIpc) is 2.88. The summed E-state index contributed by atoms with van der Waals surface area (Å²) in [5, 5.41) is 2.90. The number of anilines is 2. The van der Waals surface area contributed by atoms with Gasteiger partial charge in [0.05, 0.1) is 25.6 Å². The van der Waals surface area contributed by atoms with Crippen molar-refractivity contribution in [3.05, 3.63) is 47.5 Å². The lowest BCUT2D eigenvalue weighted by Gasteiger charge is -2.45. The van der Waals surface area contributed by atoms with Crippen LogP contribution >= 0.6 is 0 Å². The second kappa shape index (κ2) is 10.2. The van der Waals surface area contributed by atoms with Crippen molar-refractivity contribution in [2.45, 2.75) is 31.8 Å². The molecule has 2 aromatic carbocycles. The average molecular weight is 481 g/mol. The number of fused-ring (bicyclic) bond motifs is 3. The molecule has 1 atom stereocenters. The molecule has 186 valence electrons. The number of hydrogen-bond donors (Lipinski definition) is 1. The van der Waals surface area contributed by atoms with Crippen LogP contribution in [0, 0.1) is 0 Å². The highest BCUT2D eigenvalue weighted by atomic mass is 16.5. The molecule has 0 bridgehead atoms. The second-order valence-corrected chi connectivity index (χ2v) is 8.99. The summed E-state index contributed by atoms with van der Waals surface area (Å²) in [6, 6.07) is 10.5. The lowest BCUT2D eigenvalue weighted by molar-refractivity contribution is -0.125. The molecule has 0 saturated carbocycles. The van der Waals surface area contributed by atoms with Crippen LogP contribution in [0.5, 0.6) is 11.5 Å².